The SMILES string of the molecule is CC[C@H](Oc1cc(C)cc(C)c1)C(=O)N1CCc2cc(S(=O)(=O)N(C)C)ccc21. The van der Waals surface area contributed by atoms with Crippen LogP contribution in [-0.4, -0.2) is 45.4 Å². The van der Waals surface area contributed by atoms with E-state index in [1.54, 1.807) is 23.1 Å². The predicted octanol–water partition coefficient (Wildman–Crippen LogP) is 3.30. The molecule has 156 valence electrons. The van der Waals surface area contributed by atoms with Gasteiger partial charge in [-0.25, -0.2) is 12.7 Å². The van der Waals surface area contributed by atoms with Crippen molar-refractivity contribution in [3.63, 3.8) is 0 Å². The van der Waals surface area contributed by atoms with Crippen molar-refractivity contribution in [2.75, 3.05) is 25.5 Å². The second-order valence-corrected chi connectivity index (χ2v) is 9.81. The number of amides is 1. The highest BCUT2D eigenvalue weighted by atomic mass is 32.2. The van der Waals surface area contributed by atoms with Crippen LogP contribution in [0.5, 0.6) is 5.75 Å². The van der Waals surface area contributed by atoms with Gasteiger partial charge < -0.3 is 9.64 Å². The fourth-order valence-electron chi connectivity index (χ4n) is 3.63. The molecule has 0 fully saturated rings. The van der Waals surface area contributed by atoms with Gasteiger partial charge in [0, 0.05) is 26.3 Å². The summed E-state index contributed by atoms with van der Waals surface area (Å²) >= 11 is 0. The van der Waals surface area contributed by atoms with Gasteiger partial charge in [-0.1, -0.05) is 13.0 Å². The molecule has 0 aliphatic carbocycles. The van der Waals surface area contributed by atoms with Crippen molar-refractivity contribution < 1.29 is 17.9 Å². The molecule has 2 aromatic carbocycles. The van der Waals surface area contributed by atoms with Gasteiger partial charge in [0.2, 0.25) is 10.0 Å². The quantitative estimate of drug-likeness (QED) is 0.725. The lowest BCUT2D eigenvalue weighted by Crippen LogP contribution is -2.41. The van der Waals surface area contributed by atoms with Crippen LogP contribution in [0, 0.1) is 13.8 Å². The molecule has 1 atom stereocenters. The fraction of sp³-hybridized carbons (Fsp3) is 0.409. The van der Waals surface area contributed by atoms with Gasteiger partial charge in [0.15, 0.2) is 6.10 Å². The Morgan fingerprint density at radius 2 is 1.79 bits per heavy atom. The molecular formula is C22H28N2O4S. The molecule has 1 aliphatic heterocycles. The first-order valence-corrected chi connectivity index (χ1v) is 11.2. The summed E-state index contributed by atoms with van der Waals surface area (Å²) in [6.07, 6.45) is 0.579. The van der Waals surface area contributed by atoms with Gasteiger partial charge in [-0.3, -0.25) is 4.79 Å². The summed E-state index contributed by atoms with van der Waals surface area (Å²) in [7, 11) is -0.484. The van der Waals surface area contributed by atoms with E-state index in [4.69, 9.17) is 4.74 Å². The molecule has 0 bridgehead atoms. The van der Waals surface area contributed by atoms with Gasteiger partial charge in [0.05, 0.1) is 4.90 Å². The van der Waals surface area contributed by atoms with Crippen LogP contribution in [0.3, 0.4) is 0 Å². The predicted molar refractivity (Wildman–Crippen MR) is 114 cm³/mol. The molecule has 0 N–H and O–H groups in total. The minimum Gasteiger partial charge on any atom is -0.481 e. The van der Waals surface area contributed by atoms with Gasteiger partial charge in [-0.15, -0.1) is 0 Å². The second-order valence-electron chi connectivity index (χ2n) is 7.66. The van der Waals surface area contributed by atoms with Crippen molar-refractivity contribution in [2.24, 2.45) is 0 Å². The molecular weight excluding hydrogens is 388 g/mol. The highest BCUT2D eigenvalue weighted by molar-refractivity contribution is 7.89. The number of ether oxygens (including phenoxy) is 1. The summed E-state index contributed by atoms with van der Waals surface area (Å²) in [4.78, 5) is 15.1. The molecule has 0 saturated carbocycles. The topological polar surface area (TPSA) is 66.9 Å². The first-order chi connectivity index (χ1) is 13.6. The number of aryl methyl sites for hydroxylation is 2. The highest BCUT2D eigenvalue weighted by Gasteiger charge is 2.32. The number of fused-ring (bicyclic) bond motifs is 1. The number of carbonyl (C=O) groups excluding carboxylic acids is 1. The number of anilines is 1. The lowest BCUT2D eigenvalue weighted by atomic mass is 10.1. The zero-order chi connectivity index (χ0) is 21.3. The lowest BCUT2D eigenvalue weighted by Gasteiger charge is -2.24. The first-order valence-electron chi connectivity index (χ1n) is 9.75. The molecule has 29 heavy (non-hydrogen) atoms. The summed E-state index contributed by atoms with van der Waals surface area (Å²) in [5.41, 5.74) is 3.80. The van der Waals surface area contributed by atoms with E-state index in [0.29, 0.717) is 25.1 Å². The molecule has 7 heteroatoms. The van der Waals surface area contributed by atoms with Crippen LogP contribution >= 0.6 is 0 Å². The van der Waals surface area contributed by atoms with E-state index in [1.807, 2.05) is 32.9 Å². The van der Waals surface area contributed by atoms with Crippen molar-refractivity contribution in [2.45, 2.75) is 44.6 Å². The molecule has 1 heterocycles. The second kappa shape index (κ2) is 8.16. The van der Waals surface area contributed by atoms with Gasteiger partial charge in [-0.2, -0.15) is 0 Å². The maximum absolute atomic E-state index is 13.2. The van der Waals surface area contributed by atoms with Crippen molar-refractivity contribution >= 4 is 21.6 Å². The fourth-order valence-corrected chi connectivity index (χ4v) is 4.58. The maximum Gasteiger partial charge on any atom is 0.268 e. The molecule has 1 aliphatic rings. The smallest absolute Gasteiger partial charge is 0.268 e. The van der Waals surface area contributed by atoms with Crippen LogP contribution in [0.25, 0.3) is 0 Å². The van der Waals surface area contributed by atoms with Crippen LogP contribution in [-0.2, 0) is 21.2 Å². The van der Waals surface area contributed by atoms with Crippen LogP contribution in [0.15, 0.2) is 41.3 Å². The van der Waals surface area contributed by atoms with Crippen LogP contribution in [0.2, 0.25) is 0 Å². The summed E-state index contributed by atoms with van der Waals surface area (Å²) in [5.74, 6) is 0.586. The normalized spacial score (nSPS) is 14.8. The van der Waals surface area contributed by atoms with E-state index in [1.165, 1.54) is 18.4 Å². The molecule has 6 nitrogen and oxygen atoms in total. The third-order valence-electron chi connectivity index (χ3n) is 5.11. The van der Waals surface area contributed by atoms with Crippen molar-refractivity contribution in [3.05, 3.63) is 53.1 Å². The average molecular weight is 417 g/mol. The van der Waals surface area contributed by atoms with Gasteiger partial charge in [0.25, 0.3) is 5.91 Å². The largest absolute Gasteiger partial charge is 0.481 e. The van der Waals surface area contributed by atoms with Crippen molar-refractivity contribution in [3.8, 4) is 5.75 Å². The van der Waals surface area contributed by atoms with Gasteiger partial charge in [-0.05, 0) is 73.7 Å². The van der Waals surface area contributed by atoms with Crippen LogP contribution < -0.4 is 9.64 Å². The summed E-state index contributed by atoms with van der Waals surface area (Å²) < 4.78 is 32.0. The molecule has 2 aromatic rings. The number of hydrogen-bond donors (Lipinski definition) is 0. The minimum atomic E-state index is -3.50. The number of nitrogens with zero attached hydrogens (tertiary/aromatic N) is 2. The zero-order valence-corrected chi connectivity index (χ0v) is 18.4. The van der Waals surface area contributed by atoms with E-state index in [-0.39, 0.29) is 10.8 Å². The van der Waals surface area contributed by atoms with Crippen molar-refractivity contribution in [1.29, 1.82) is 0 Å². The van der Waals surface area contributed by atoms with Crippen molar-refractivity contribution in [1.82, 2.24) is 4.31 Å². The molecule has 0 spiro atoms. The third kappa shape index (κ3) is 4.31. The highest BCUT2D eigenvalue weighted by Crippen LogP contribution is 2.32. The van der Waals surface area contributed by atoms with E-state index in [0.717, 1.165) is 22.4 Å². The van der Waals surface area contributed by atoms with Gasteiger partial charge in [0.1, 0.15) is 5.75 Å². The average Bonchev–Trinajstić information content (AvgIpc) is 3.07. The Morgan fingerprint density at radius 3 is 2.38 bits per heavy atom. The Labute approximate surface area is 173 Å². The lowest BCUT2D eigenvalue weighted by molar-refractivity contribution is -0.125. The number of sulfonamides is 1. The van der Waals surface area contributed by atoms with E-state index in [9.17, 15) is 13.2 Å². The maximum atomic E-state index is 13.2. The molecule has 0 saturated heterocycles. The van der Waals surface area contributed by atoms with E-state index >= 15 is 0 Å². The summed E-state index contributed by atoms with van der Waals surface area (Å²) in [5, 5.41) is 0. The molecule has 3 rings (SSSR count). The number of rotatable bonds is 6. The third-order valence-corrected chi connectivity index (χ3v) is 6.92. The van der Waals surface area contributed by atoms with E-state index < -0.39 is 16.1 Å². The number of benzene rings is 2. The monoisotopic (exact) mass is 416 g/mol. The summed E-state index contributed by atoms with van der Waals surface area (Å²) in [6, 6.07) is 10.9. The van der Waals surface area contributed by atoms with E-state index in [2.05, 4.69) is 6.07 Å². The molecule has 0 radical (unpaired) electrons. The van der Waals surface area contributed by atoms with Crippen LogP contribution in [0.1, 0.15) is 30.0 Å². The Morgan fingerprint density at radius 1 is 1.14 bits per heavy atom. The Kier molecular flexibility index (Phi) is 6.00. The molecule has 0 aromatic heterocycles. The standard InChI is InChI=1S/C22H28N2O4S/c1-6-21(28-18-12-15(2)11-16(3)13-18)22(25)24-10-9-17-14-19(7-8-20(17)24)29(26,27)23(4)5/h7-8,11-14,21H,6,9-10H2,1-5H3/t21-/m0/s1. The van der Waals surface area contributed by atoms with Gasteiger partial charge >= 0.3 is 0 Å². The Hall–Kier alpha value is -2.38. The Bertz CT molecular complexity index is 1010. The zero-order valence-electron chi connectivity index (χ0n) is 17.6. The Balaban J connectivity index is 1.84. The number of carbonyl (C=O) groups is 1. The first kappa shape index (κ1) is 21.3. The molecule has 0 unspecified atom stereocenters. The summed E-state index contributed by atoms with van der Waals surface area (Å²) in [6.45, 7) is 6.44. The molecule has 1 amide bonds. The number of hydrogen-bond acceptors (Lipinski definition) is 4. The van der Waals surface area contributed by atoms with Crippen LogP contribution in [0.4, 0.5) is 5.69 Å². The minimum absolute atomic E-state index is 0.103.